The summed E-state index contributed by atoms with van der Waals surface area (Å²) in [5.74, 6) is -0.391. The number of aryl methyl sites for hydroxylation is 2. The van der Waals surface area contributed by atoms with E-state index in [4.69, 9.17) is 0 Å². The maximum atomic E-state index is 13.7. The molecule has 0 unspecified atom stereocenters. The molecule has 0 bridgehead atoms. The van der Waals surface area contributed by atoms with Gasteiger partial charge in [-0.05, 0) is 18.1 Å². The van der Waals surface area contributed by atoms with Crippen molar-refractivity contribution in [1.29, 1.82) is 0 Å². The average Bonchev–Trinajstić information content (AvgIpc) is 2.61. The van der Waals surface area contributed by atoms with Crippen molar-refractivity contribution >= 4 is 0 Å². The van der Waals surface area contributed by atoms with Crippen molar-refractivity contribution < 1.29 is 4.39 Å². The lowest BCUT2D eigenvalue weighted by Gasteiger charge is -2.09. The summed E-state index contributed by atoms with van der Waals surface area (Å²) in [5, 5.41) is 0. The molecule has 0 aliphatic heterocycles. The molecule has 0 N–H and O–H groups in total. The number of benzene rings is 2. The molecule has 0 radical (unpaired) electrons. The molecular weight excluding hydrogens is 307 g/mol. The van der Waals surface area contributed by atoms with E-state index in [-0.39, 0.29) is 6.54 Å². The van der Waals surface area contributed by atoms with Crippen LogP contribution >= 0.6 is 0 Å². The van der Waals surface area contributed by atoms with Crippen molar-refractivity contribution in [2.45, 2.75) is 19.5 Å². The molecular formula is C19H17FN2O2. The normalized spacial score (nSPS) is 10.7. The molecule has 3 rings (SSSR count). The van der Waals surface area contributed by atoms with Crippen LogP contribution in [0.2, 0.25) is 0 Å². The van der Waals surface area contributed by atoms with Crippen molar-refractivity contribution in [2.75, 3.05) is 0 Å². The zero-order chi connectivity index (χ0) is 16.9. The van der Waals surface area contributed by atoms with Crippen LogP contribution in [0.5, 0.6) is 0 Å². The van der Waals surface area contributed by atoms with Gasteiger partial charge in [0, 0.05) is 24.5 Å². The monoisotopic (exact) mass is 324 g/mol. The predicted octanol–water partition coefficient (Wildman–Crippen LogP) is 2.44. The number of hydrogen-bond donors (Lipinski definition) is 0. The lowest BCUT2D eigenvalue weighted by Crippen LogP contribution is -2.41. The smallest absolute Gasteiger partial charge is 0.309 e. The van der Waals surface area contributed by atoms with Gasteiger partial charge in [-0.25, -0.2) is 4.39 Å². The molecule has 0 saturated heterocycles. The Bertz CT molecular complexity index is 945. The van der Waals surface area contributed by atoms with Crippen LogP contribution in [0.15, 0.2) is 76.6 Å². The maximum absolute atomic E-state index is 13.7. The third kappa shape index (κ3) is 3.51. The highest BCUT2D eigenvalue weighted by Gasteiger charge is 2.08. The zero-order valence-corrected chi connectivity index (χ0v) is 13.1. The number of aromatic nitrogens is 2. The van der Waals surface area contributed by atoms with E-state index in [1.54, 1.807) is 24.4 Å². The summed E-state index contributed by atoms with van der Waals surface area (Å²) >= 11 is 0. The molecule has 0 atom stereocenters. The highest BCUT2D eigenvalue weighted by molar-refractivity contribution is 5.18. The Balaban J connectivity index is 1.80. The Morgan fingerprint density at radius 3 is 2.17 bits per heavy atom. The van der Waals surface area contributed by atoms with Gasteiger partial charge in [0.15, 0.2) is 0 Å². The summed E-state index contributed by atoms with van der Waals surface area (Å²) in [6.45, 7) is 0.471. The molecule has 0 fully saturated rings. The first-order valence-electron chi connectivity index (χ1n) is 7.72. The molecule has 0 aliphatic carbocycles. The quantitative estimate of drug-likeness (QED) is 0.677. The molecule has 3 aromatic rings. The van der Waals surface area contributed by atoms with E-state index in [0.29, 0.717) is 18.5 Å². The molecule has 0 spiro atoms. The third-order valence-corrected chi connectivity index (χ3v) is 3.91. The summed E-state index contributed by atoms with van der Waals surface area (Å²) in [5.41, 5.74) is 0.236. The standard InChI is InChI=1S/C19H17FN2O2/c20-17-9-5-4-8-16(17)14-22-13-12-21(18(23)19(22)24)11-10-15-6-2-1-3-7-15/h1-9,12-13H,10-11,14H2. The van der Waals surface area contributed by atoms with E-state index in [1.165, 1.54) is 21.4 Å². The van der Waals surface area contributed by atoms with Gasteiger partial charge in [0.05, 0.1) is 6.54 Å². The first-order valence-corrected chi connectivity index (χ1v) is 7.72. The molecule has 0 saturated carbocycles. The summed E-state index contributed by atoms with van der Waals surface area (Å²) in [4.78, 5) is 24.4. The third-order valence-electron chi connectivity index (χ3n) is 3.91. The van der Waals surface area contributed by atoms with Crippen LogP contribution in [0.4, 0.5) is 4.39 Å². The first kappa shape index (κ1) is 15.9. The van der Waals surface area contributed by atoms with Crippen LogP contribution in [-0.4, -0.2) is 9.13 Å². The summed E-state index contributed by atoms with van der Waals surface area (Å²) < 4.78 is 16.3. The van der Waals surface area contributed by atoms with Crippen molar-refractivity contribution in [3.63, 3.8) is 0 Å². The second-order valence-corrected chi connectivity index (χ2v) is 5.56. The molecule has 0 amide bonds. The highest BCUT2D eigenvalue weighted by atomic mass is 19.1. The van der Waals surface area contributed by atoms with Gasteiger partial charge in [-0.2, -0.15) is 0 Å². The van der Waals surface area contributed by atoms with Gasteiger partial charge in [-0.1, -0.05) is 48.5 Å². The van der Waals surface area contributed by atoms with Gasteiger partial charge in [0.1, 0.15) is 5.82 Å². The minimum atomic E-state index is -0.645. The van der Waals surface area contributed by atoms with Gasteiger partial charge >= 0.3 is 11.1 Å². The average molecular weight is 324 g/mol. The van der Waals surface area contributed by atoms with Gasteiger partial charge in [-0.15, -0.1) is 0 Å². The van der Waals surface area contributed by atoms with Crippen molar-refractivity contribution in [1.82, 2.24) is 9.13 Å². The number of hydrogen-bond acceptors (Lipinski definition) is 2. The lowest BCUT2D eigenvalue weighted by atomic mass is 10.1. The second kappa shape index (κ2) is 7.08. The van der Waals surface area contributed by atoms with Gasteiger partial charge in [-0.3, -0.25) is 9.59 Å². The van der Waals surface area contributed by atoms with Crippen LogP contribution in [0, 0.1) is 5.82 Å². The Hall–Kier alpha value is -2.95. The lowest BCUT2D eigenvalue weighted by molar-refractivity contribution is 0.583. The molecule has 4 nitrogen and oxygen atoms in total. The van der Waals surface area contributed by atoms with E-state index >= 15 is 0 Å². The van der Waals surface area contributed by atoms with Crippen molar-refractivity contribution in [2.24, 2.45) is 0 Å². The summed E-state index contributed by atoms with van der Waals surface area (Å²) in [7, 11) is 0. The Kier molecular flexibility index (Phi) is 4.70. The highest BCUT2D eigenvalue weighted by Crippen LogP contribution is 2.07. The Morgan fingerprint density at radius 2 is 1.42 bits per heavy atom. The number of halogens is 1. The largest absolute Gasteiger partial charge is 0.316 e. The van der Waals surface area contributed by atoms with Crippen LogP contribution in [-0.2, 0) is 19.5 Å². The SMILES string of the molecule is O=c1c(=O)n(Cc2ccccc2F)ccn1CCc1ccccc1. The van der Waals surface area contributed by atoms with E-state index in [9.17, 15) is 14.0 Å². The summed E-state index contributed by atoms with van der Waals surface area (Å²) in [6.07, 6.45) is 3.77. The molecule has 5 heteroatoms. The fraction of sp³-hybridized carbons (Fsp3) is 0.158. The second-order valence-electron chi connectivity index (χ2n) is 5.56. The first-order chi connectivity index (χ1) is 11.6. The Morgan fingerprint density at radius 1 is 0.792 bits per heavy atom. The molecule has 0 aliphatic rings. The minimum Gasteiger partial charge on any atom is -0.309 e. The molecule has 1 aromatic heterocycles. The van der Waals surface area contributed by atoms with Crippen LogP contribution in [0.1, 0.15) is 11.1 Å². The van der Waals surface area contributed by atoms with Crippen molar-refractivity contribution in [3.05, 3.63) is 105 Å². The van der Waals surface area contributed by atoms with Crippen LogP contribution in [0.3, 0.4) is 0 Å². The number of rotatable bonds is 5. The zero-order valence-electron chi connectivity index (χ0n) is 13.1. The van der Waals surface area contributed by atoms with Gasteiger partial charge in [0.25, 0.3) is 0 Å². The van der Waals surface area contributed by atoms with E-state index < -0.39 is 16.9 Å². The Labute approximate surface area is 138 Å². The molecule has 2 aromatic carbocycles. The maximum Gasteiger partial charge on any atom is 0.316 e. The predicted molar refractivity (Wildman–Crippen MR) is 90.6 cm³/mol. The van der Waals surface area contributed by atoms with E-state index in [1.807, 2.05) is 30.3 Å². The van der Waals surface area contributed by atoms with Gasteiger partial charge < -0.3 is 9.13 Å². The topological polar surface area (TPSA) is 44.0 Å². The molecule has 1 heterocycles. The molecule has 24 heavy (non-hydrogen) atoms. The van der Waals surface area contributed by atoms with Crippen molar-refractivity contribution in [3.8, 4) is 0 Å². The summed E-state index contributed by atoms with van der Waals surface area (Å²) in [6, 6.07) is 16.0. The fourth-order valence-electron chi connectivity index (χ4n) is 2.55. The van der Waals surface area contributed by atoms with E-state index in [0.717, 1.165) is 5.56 Å². The fourth-order valence-corrected chi connectivity index (χ4v) is 2.55. The van der Waals surface area contributed by atoms with Crippen LogP contribution < -0.4 is 11.1 Å². The molecule has 122 valence electrons. The minimum absolute atomic E-state index is 0.0419. The van der Waals surface area contributed by atoms with E-state index in [2.05, 4.69) is 0 Å². The van der Waals surface area contributed by atoms with Crippen LogP contribution in [0.25, 0.3) is 0 Å². The van der Waals surface area contributed by atoms with Gasteiger partial charge in [0.2, 0.25) is 0 Å². The number of nitrogens with zero attached hydrogens (tertiary/aromatic N) is 2.